The van der Waals surface area contributed by atoms with Crippen LogP contribution in [0.3, 0.4) is 0 Å². The number of rotatable bonds is 7. The maximum absolute atomic E-state index is 12.0. The molecule has 0 saturated heterocycles. The Morgan fingerprint density at radius 1 is 1.25 bits per heavy atom. The Morgan fingerprint density at radius 2 is 2.00 bits per heavy atom. The van der Waals surface area contributed by atoms with Gasteiger partial charge in [0.25, 0.3) is 5.91 Å². The molecule has 1 aromatic rings. The number of carbonyl (C=O) groups is 2. The average Bonchev–Trinajstić information content (AvgIpc) is 2.57. The first-order valence-corrected chi connectivity index (χ1v) is 8.82. The van der Waals surface area contributed by atoms with Gasteiger partial charge in [-0.3, -0.25) is 9.59 Å². The van der Waals surface area contributed by atoms with E-state index in [0.29, 0.717) is 11.6 Å². The summed E-state index contributed by atoms with van der Waals surface area (Å²) < 4.78 is 5.19. The van der Waals surface area contributed by atoms with Crippen molar-refractivity contribution in [2.75, 3.05) is 6.54 Å². The monoisotopic (exact) mass is 349 g/mol. The number of halogens is 1. The third-order valence-electron chi connectivity index (χ3n) is 4.07. The molecule has 0 saturated carbocycles. The lowest BCUT2D eigenvalue weighted by atomic mass is 9.97. The Hall–Kier alpha value is -1.81. The van der Waals surface area contributed by atoms with E-state index >= 15 is 0 Å². The van der Waals surface area contributed by atoms with E-state index in [1.54, 1.807) is 31.2 Å². The summed E-state index contributed by atoms with van der Waals surface area (Å²) in [7, 11) is 0. The molecule has 1 amide bonds. The van der Waals surface area contributed by atoms with Crippen molar-refractivity contribution in [3.05, 3.63) is 46.5 Å². The number of amides is 1. The fourth-order valence-corrected chi connectivity index (χ4v) is 2.81. The first kappa shape index (κ1) is 18.5. The highest BCUT2D eigenvalue weighted by molar-refractivity contribution is 6.30. The van der Waals surface area contributed by atoms with Gasteiger partial charge in [0.1, 0.15) is 0 Å². The SMILES string of the molecule is C[C@@H](OC(=O)Cc1ccc(Cl)cc1)C(=O)NCCC1=CCCCC1. The van der Waals surface area contributed by atoms with Gasteiger partial charge in [-0.15, -0.1) is 0 Å². The zero-order chi connectivity index (χ0) is 17.4. The van der Waals surface area contributed by atoms with Crippen LogP contribution < -0.4 is 5.32 Å². The quantitative estimate of drug-likeness (QED) is 0.601. The number of allylic oxidation sites excluding steroid dienone is 1. The molecule has 5 heteroatoms. The minimum absolute atomic E-state index is 0.127. The molecular formula is C19H24ClNO3. The molecule has 130 valence electrons. The topological polar surface area (TPSA) is 55.4 Å². The second-order valence-electron chi connectivity index (χ2n) is 6.08. The van der Waals surface area contributed by atoms with E-state index in [1.807, 2.05) is 0 Å². The van der Waals surface area contributed by atoms with Crippen LogP contribution in [0.25, 0.3) is 0 Å². The number of esters is 1. The molecule has 0 heterocycles. The Morgan fingerprint density at radius 3 is 2.67 bits per heavy atom. The lowest BCUT2D eigenvalue weighted by Crippen LogP contribution is -2.36. The molecule has 0 aromatic heterocycles. The van der Waals surface area contributed by atoms with Gasteiger partial charge in [-0.2, -0.15) is 0 Å². The maximum atomic E-state index is 12.0. The number of carbonyl (C=O) groups excluding carboxylic acids is 2. The molecule has 24 heavy (non-hydrogen) atoms. The van der Waals surface area contributed by atoms with Gasteiger partial charge >= 0.3 is 5.97 Å². The zero-order valence-corrected chi connectivity index (χ0v) is 14.8. The predicted molar refractivity (Wildman–Crippen MR) is 94.9 cm³/mol. The summed E-state index contributed by atoms with van der Waals surface area (Å²) in [5, 5.41) is 3.45. The van der Waals surface area contributed by atoms with Crippen LogP contribution in [-0.4, -0.2) is 24.5 Å². The highest BCUT2D eigenvalue weighted by Crippen LogP contribution is 2.19. The van der Waals surface area contributed by atoms with Gasteiger partial charge in [0, 0.05) is 11.6 Å². The van der Waals surface area contributed by atoms with Crippen LogP contribution in [0, 0.1) is 0 Å². The minimum Gasteiger partial charge on any atom is -0.452 e. The molecule has 1 N–H and O–H groups in total. The van der Waals surface area contributed by atoms with Crippen molar-refractivity contribution in [2.45, 2.75) is 51.6 Å². The largest absolute Gasteiger partial charge is 0.452 e. The summed E-state index contributed by atoms with van der Waals surface area (Å²) in [6.07, 6.45) is 7.24. The van der Waals surface area contributed by atoms with Crippen molar-refractivity contribution in [3.63, 3.8) is 0 Å². The molecule has 1 aliphatic rings. The molecule has 0 fully saturated rings. The molecule has 0 unspecified atom stereocenters. The Bertz CT molecular complexity index is 595. The van der Waals surface area contributed by atoms with Crippen LogP contribution in [0.15, 0.2) is 35.9 Å². The number of nitrogens with one attached hydrogen (secondary N) is 1. The van der Waals surface area contributed by atoms with Crippen molar-refractivity contribution >= 4 is 23.5 Å². The highest BCUT2D eigenvalue weighted by Gasteiger charge is 2.17. The van der Waals surface area contributed by atoms with Crippen molar-refractivity contribution in [2.24, 2.45) is 0 Å². The molecule has 0 bridgehead atoms. The van der Waals surface area contributed by atoms with Gasteiger partial charge < -0.3 is 10.1 Å². The normalized spacial score (nSPS) is 15.3. The van der Waals surface area contributed by atoms with Crippen LogP contribution in [0.2, 0.25) is 5.02 Å². The first-order chi connectivity index (χ1) is 11.5. The second kappa shape index (κ2) is 9.48. The molecule has 1 atom stereocenters. The van der Waals surface area contributed by atoms with E-state index in [2.05, 4.69) is 11.4 Å². The number of benzene rings is 1. The summed E-state index contributed by atoms with van der Waals surface area (Å²) in [4.78, 5) is 23.9. The lowest BCUT2D eigenvalue weighted by Gasteiger charge is -2.15. The van der Waals surface area contributed by atoms with Crippen LogP contribution in [0.5, 0.6) is 0 Å². The second-order valence-corrected chi connectivity index (χ2v) is 6.52. The van der Waals surface area contributed by atoms with Crippen LogP contribution in [-0.2, 0) is 20.7 Å². The van der Waals surface area contributed by atoms with Gasteiger partial charge in [-0.05, 0) is 56.7 Å². The molecule has 4 nitrogen and oxygen atoms in total. The fraction of sp³-hybridized carbons (Fsp3) is 0.474. The third kappa shape index (κ3) is 6.36. The van der Waals surface area contributed by atoms with E-state index < -0.39 is 12.1 Å². The molecule has 1 aromatic carbocycles. The van der Waals surface area contributed by atoms with Gasteiger partial charge in [0.05, 0.1) is 6.42 Å². The van der Waals surface area contributed by atoms with Gasteiger partial charge in [-0.1, -0.05) is 35.4 Å². The van der Waals surface area contributed by atoms with Crippen molar-refractivity contribution in [1.29, 1.82) is 0 Å². The Balaban J connectivity index is 1.69. The summed E-state index contributed by atoms with van der Waals surface area (Å²) in [6, 6.07) is 6.99. The lowest BCUT2D eigenvalue weighted by molar-refractivity contribution is -0.154. The molecular weight excluding hydrogens is 326 g/mol. The molecule has 2 rings (SSSR count). The molecule has 0 aliphatic heterocycles. The Kier molecular flexibility index (Phi) is 7.32. The van der Waals surface area contributed by atoms with Crippen LogP contribution in [0.4, 0.5) is 0 Å². The summed E-state index contributed by atoms with van der Waals surface area (Å²) in [6.45, 7) is 2.18. The number of ether oxygens (including phenoxy) is 1. The van der Waals surface area contributed by atoms with E-state index in [-0.39, 0.29) is 12.3 Å². The van der Waals surface area contributed by atoms with E-state index in [0.717, 1.165) is 24.8 Å². The van der Waals surface area contributed by atoms with E-state index in [4.69, 9.17) is 16.3 Å². The van der Waals surface area contributed by atoms with Crippen molar-refractivity contribution in [1.82, 2.24) is 5.32 Å². The maximum Gasteiger partial charge on any atom is 0.311 e. The summed E-state index contributed by atoms with van der Waals surface area (Å²) in [5.74, 6) is -0.675. The van der Waals surface area contributed by atoms with Gasteiger partial charge in [-0.25, -0.2) is 0 Å². The number of hydrogen-bond donors (Lipinski definition) is 1. The minimum atomic E-state index is -0.787. The first-order valence-electron chi connectivity index (χ1n) is 8.44. The van der Waals surface area contributed by atoms with Crippen molar-refractivity contribution < 1.29 is 14.3 Å². The standard InChI is InChI=1S/C19H24ClNO3/c1-14(19(23)21-12-11-15-5-3-2-4-6-15)24-18(22)13-16-7-9-17(20)10-8-16/h5,7-10,14H,2-4,6,11-13H2,1H3,(H,21,23)/t14-/m1/s1. The highest BCUT2D eigenvalue weighted by atomic mass is 35.5. The summed E-state index contributed by atoms with van der Waals surface area (Å²) >= 11 is 5.81. The zero-order valence-electron chi connectivity index (χ0n) is 14.0. The van der Waals surface area contributed by atoms with E-state index in [9.17, 15) is 9.59 Å². The molecule has 0 spiro atoms. The van der Waals surface area contributed by atoms with E-state index in [1.165, 1.54) is 18.4 Å². The fourth-order valence-electron chi connectivity index (χ4n) is 2.68. The third-order valence-corrected chi connectivity index (χ3v) is 4.32. The molecule has 0 radical (unpaired) electrons. The van der Waals surface area contributed by atoms with Gasteiger partial charge in [0.15, 0.2) is 6.10 Å². The smallest absolute Gasteiger partial charge is 0.311 e. The van der Waals surface area contributed by atoms with Crippen molar-refractivity contribution in [3.8, 4) is 0 Å². The average molecular weight is 350 g/mol. The summed E-state index contributed by atoms with van der Waals surface area (Å²) in [5.41, 5.74) is 2.22. The number of hydrogen-bond acceptors (Lipinski definition) is 3. The van der Waals surface area contributed by atoms with Gasteiger partial charge in [0.2, 0.25) is 0 Å². The predicted octanol–water partition coefficient (Wildman–Crippen LogP) is 3.82. The molecule has 1 aliphatic carbocycles. The van der Waals surface area contributed by atoms with Crippen LogP contribution in [0.1, 0.15) is 44.6 Å². The Labute approximate surface area is 148 Å². The van der Waals surface area contributed by atoms with Crippen LogP contribution >= 0.6 is 11.6 Å².